The van der Waals surface area contributed by atoms with E-state index in [1.165, 1.54) is 18.3 Å². The Bertz CT molecular complexity index is 589. The summed E-state index contributed by atoms with van der Waals surface area (Å²) < 4.78 is 4.78. The molecular weight excluding hydrogens is 238 g/mol. The molecule has 2 rings (SSSR count). The van der Waals surface area contributed by atoms with Crippen molar-refractivity contribution in [1.82, 2.24) is 10.1 Å². The zero-order valence-electron chi connectivity index (χ0n) is 9.38. The summed E-state index contributed by atoms with van der Waals surface area (Å²) in [7, 11) is 0. The predicted molar refractivity (Wildman–Crippen MR) is 60.4 cm³/mol. The van der Waals surface area contributed by atoms with Gasteiger partial charge in [0.1, 0.15) is 5.82 Å². The van der Waals surface area contributed by atoms with Gasteiger partial charge in [0.05, 0.1) is 11.8 Å². The van der Waals surface area contributed by atoms with E-state index in [2.05, 4.69) is 15.5 Å². The Balaban J connectivity index is 2.13. The van der Waals surface area contributed by atoms with Gasteiger partial charge in [-0.1, -0.05) is 5.16 Å². The van der Waals surface area contributed by atoms with Gasteiger partial charge in [0.25, 0.3) is 5.91 Å². The number of anilines is 1. The van der Waals surface area contributed by atoms with Crippen LogP contribution in [0.5, 0.6) is 0 Å². The molecule has 0 saturated carbocycles. The largest absolute Gasteiger partial charge is 0.478 e. The molecule has 0 aliphatic carbocycles. The lowest BCUT2D eigenvalue weighted by Crippen LogP contribution is -2.13. The van der Waals surface area contributed by atoms with E-state index in [1.807, 2.05) is 0 Å². The third kappa shape index (κ3) is 2.34. The summed E-state index contributed by atoms with van der Waals surface area (Å²) in [4.78, 5) is 26.1. The third-order valence-corrected chi connectivity index (χ3v) is 2.21. The Morgan fingerprint density at radius 3 is 2.61 bits per heavy atom. The maximum absolute atomic E-state index is 11.7. The Morgan fingerprint density at radius 1 is 1.33 bits per heavy atom. The van der Waals surface area contributed by atoms with Crippen molar-refractivity contribution in [2.24, 2.45) is 0 Å². The first-order valence-electron chi connectivity index (χ1n) is 5.00. The summed E-state index contributed by atoms with van der Waals surface area (Å²) in [6.45, 7) is 1.69. The summed E-state index contributed by atoms with van der Waals surface area (Å²) in [6.07, 6.45) is 2.58. The number of carbonyl (C=O) groups excluding carboxylic acids is 1. The number of rotatable bonds is 3. The maximum Gasteiger partial charge on any atom is 0.337 e. The van der Waals surface area contributed by atoms with E-state index in [0.717, 1.165) is 6.20 Å². The molecule has 0 spiro atoms. The minimum Gasteiger partial charge on any atom is -0.478 e. The Labute approximate surface area is 101 Å². The van der Waals surface area contributed by atoms with Gasteiger partial charge in [-0.15, -0.1) is 0 Å². The summed E-state index contributed by atoms with van der Waals surface area (Å²) >= 11 is 0. The van der Waals surface area contributed by atoms with Gasteiger partial charge < -0.3 is 14.9 Å². The number of hydrogen-bond donors (Lipinski definition) is 2. The molecule has 0 bridgehead atoms. The van der Waals surface area contributed by atoms with Crippen molar-refractivity contribution in [1.29, 1.82) is 0 Å². The summed E-state index contributed by atoms with van der Waals surface area (Å²) in [5, 5.41) is 14.7. The molecule has 2 aromatic rings. The SMILES string of the molecule is Cc1cnoc1C(=O)Nc1ccc(C(=O)O)cn1. The first kappa shape index (κ1) is 11.8. The van der Waals surface area contributed by atoms with Crippen LogP contribution < -0.4 is 5.32 Å². The molecule has 7 heteroatoms. The van der Waals surface area contributed by atoms with Crippen LogP contribution in [0.1, 0.15) is 26.5 Å². The molecular formula is C11H9N3O4. The van der Waals surface area contributed by atoms with E-state index in [1.54, 1.807) is 6.92 Å². The molecule has 0 unspecified atom stereocenters. The van der Waals surface area contributed by atoms with Crippen LogP contribution >= 0.6 is 0 Å². The van der Waals surface area contributed by atoms with E-state index in [0.29, 0.717) is 5.56 Å². The second kappa shape index (κ2) is 4.66. The molecule has 1 amide bonds. The van der Waals surface area contributed by atoms with Crippen molar-refractivity contribution in [3.8, 4) is 0 Å². The first-order valence-corrected chi connectivity index (χ1v) is 5.00. The Kier molecular flexibility index (Phi) is 3.05. The summed E-state index contributed by atoms with van der Waals surface area (Å²) in [5.41, 5.74) is 0.651. The number of aromatic nitrogens is 2. The van der Waals surface area contributed by atoms with Crippen molar-refractivity contribution in [2.45, 2.75) is 6.92 Å². The van der Waals surface area contributed by atoms with Gasteiger partial charge in [-0.3, -0.25) is 4.79 Å². The summed E-state index contributed by atoms with van der Waals surface area (Å²) in [6, 6.07) is 2.74. The molecule has 2 aromatic heterocycles. The van der Waals surface area contributed by atoms with Crippen LogP contribution in [0.15, 0.2) is 29.0 Å². The fourth-order valence-corrected chi connectivity index (χ4v) is 1.28. The number of pyridine rings is 1. The van der Waals surface area contributed by atoms with Crippen LogP contribution in [0, 0.1) is 6.92 Å². The Morgan fingerprint density at radius 2 is 2.11 bits per heavy atom. The first-order chi connectivity index (χ1) is 8.58. The van der Waals surface area contributed by atoms with E-state index in [9.17, 15) is 9.59 Å². The number of nitrogens with one attached hydrogen (secondary N) is 1. The molecule has 0 saturated heterocycles. The number of aromatic carboxylic acids is 1. The van der Waals surface area contributed by atoms with Gasteiger partial charge in [-0.05, 0) is 19.1 Å². The summed E-state index contributed by atoms with van der Waals surface area (Å²) in [5.74, 6) is -1.23. The number of carbonyl (C=O) groups is 2. The molecule has 0 aromatic carbocycles. The molecule has 0 atom stereocenters. The van der Waals surface area contributed by atoms with E-state index >= 15 is 0 Å². The lowest BCUT2D eigenvalue weighted by atomic mass is 10.2. The van der Waals surface area contributed by atoms with E-state index in [-0.39, 0.29) is 17.1 Å². The second-order valence-electron chi connectivity index (χ2n) is 3.53. The number of carboxylic acids is 1. The zero-order chi connectivity index (χ0) is 13.1. The van der Waals surface area contributed by atoms with Crippen molar-refractivity contribution in [2.75, 3.05) is 5.32 Å². The van der Waals surface area contributed by atoms with Crippen molar-refractivity contribution < 1.29 is 19.2 Å². The number of nitrogens with zero attached hydrogens (tertiary/aromatic N) is 2. The second-order valence-corrected chi connectivity index (χ2v) is 3.53. The minimum absolute atomic E-state index is 0.0452. The maximum atomic E-state index is 11.7. The third-order valence-electron chi connectivity index (χ3n) is 2.21. The molecule has 0 fully saturated rings. The lowest BCUT2D eigenvalue weighted by Gasteiger charge is -2.02. The molecule has 0 aliphatic heterocycles. The molecule has 92 valence electrons. The van der Waals surface area contributed by atoms with Crippen LogP contribution in [0.2, 0.25) is 0 Å². The number of amides is 1. The van der Waals surface area contributed by atoms with E-state index < -0.39 is 11.9 Å². The fourth-order valence-electron chi connectivity index (χ4n) is 1.28. The van der Waals surface area contributed by atoms with E-state index in [4.69, 9.17) is 9.63 Å². The minimum atomic E-state index is -1.08. The Hall–Kier alpha value is -2.70. The van der Waals surface area contributed by atoms with Crippen LogP contribution in [0.4, 0.5) is 5.82 Å². The van der Waals surface area contributed by atoms with Crippen LogP contribution in [-0.2, 0) is 0 Å². The van der Waals surface area contributed by atoms with Gasteiger partial charge in [0, 0.05) is 11.8 Å². The van der Waals surface area contributed by atoms with Gasteiger partial charge >= 0.3 is 5.97 Å². The highest BCUT2D eigenvalue weighted by Gasteiger charge is 2.14. The topological polar surface area (TPSA) is 105 Å². The van der Waals surface area contributed by atoms with Crippen molar-refractivity contribution >= 4 is 17.7 Å². The van der Waals surface area contributed by atoms with Crippen LogP contribution in [-0.4, -0.2) is 27.1 Å². The predicted octanol–water partition coefficient (Wildman–Crippen LogP) is 1.33. The smallest absolute Gasteiger partial charge is 0.337 e. The number of hydrogen-bond acceptors (Lipinski definition) is 5. The highest BCUT2D eigenvalue weighted by molar-refractivity contribution is 6.02. The molecule has 0 radical (unpaired) electrons. The fraction of sp³-hybridized carbons (Fsp3) is 0.0909. The molecule has 2 N–H and O–H groups in total. The van der Waals surface area contributed by atoms with Crippen LogP contribution in [0.25, 0.3) is 0 Å². The highest BCUT2D eigenvalue weighted by Crippen LogP contribution is 2.10. The molecule has 2 heterocycles. The number of carboxylic acid groups (broad SMARTS) is 1. The van der Waals surface area contributed by atoms with Gasteiger partial charge in [-0.25, -0.2) is 9.78 Å². The molecule has 7 nitrogen and oxygen atoms in total. The van der Waals surface area contributed by atoms with Crippen molar-refractivity contribution in [3.63, 3.8) is 0 Å². The van der Waals surface area contributed by atoms with Gasteiger partial charge in [-0.2, -0.15) is 0 Å². The number of aryl methyl sites for hydroxylation is 1. The quantitative estimate of drug-likeness (QED) is 0.847. The lowest BCUT2D eigenvalue weighted by molar-refractivity contribution is 0.0696. The highest BCUT2D eigenvalue weighted by atomic mass is 16.5. The average Bonchev–Trinajstić information content (AvgIpc) is 2.76. The molecule has 0 aliphatic rings. The van der Waals surface area contributed by atoms with Crippen molar-refractivity contribution in [3.05, 3.63) is 41.4 Å². The monoisotopic (exact) mass is 247 g/mol. The van der Waals surface area contributed by atoms with Gasteiger partial charge in [0.15, 0.2) is 0 Å². The zero-order valence-corrected chi connectivity index (χ0v) is 9.38. The average molecular weight is 247 g/mol. The normalized spacial score (nSPS) is 10.1. The van der Waals surface area contributed by atoms with Gasteiger partial charge in [0.2, 0.25) is 5.76 Å². The molecule has 18 heavy (non-hydrogen) atoms. The van der Waals surface area contributed by atoms with Crippen LogP contribution in [0.3, 0.4) is 0 Å². The standard InChI is InChI=1S/C11H9N3O4/c1-6-4-13-18-9(6)10(15)14-8-3-2-7(5-12-8)11(16)17/h2-5H,1H3,(H,16,17)(H,12,14,15).